The second-order valence-corrected chi connectivity index (χ2v) is 8.90. The van der Waals surface area contributed by atoms with Crippen LogP contribution in [0.3, 0.4) is 0 Å². The number of aromatic nitrogens is 2. The first-order chi connectivity index (χ1) is 13.1. The number of ether oxygens (including phenoxy) is 1. The van der Waals surface area contributed by atoms with Gasteiger partial charge in [-0.05, 0) is 55.9 Å². The van der Waals surface area contributed by atoms with E-state index in [2.05, 4.69) is 15.3 Å². The smallest absolute Gasteiger partial charge is 0.220 e. The van der Waals surface area contributed by atoms with Crippen molar-refractivity contribution in [1.82, 2.24) is 20.0 Å². The summed E-state index contributed by atoms with van der Waals surface area (Å²) in [5, 5.41) is 7.45. The van der Waals surface area contributed by atoms with E-state index in [1.165, 1.54) is 38.9 Å². The van der Waals surface area contributed by atoms with E-state index >= 15 is 0 Å². The normalized spacial score (nSPS) is 31.5. The van der Waals surface area contributed by atoms with Crippen molar-refractivity contribution >= 4 is 5.91 Å². The molecule has 0 spiro atoms. The van der Waals surface area contributed by atoms with Crippen LogP contribution in [0.1, 0.15) is 44.2 Å². The Morgan fingerprint density at radius 1 is 1.30 bits per heavy atom. The fourth-order valence-electron chi connectivity index (χ4n) is 5.28. The molecule has 1 N–H and O–H groups in total. The van der Waals surface area contributed by atoms with Crippen molar-refractivity contribution in [1.29, 1.82) is 0 Å². The highest BCUT2D eigenvalue weighted by Crippen LogP contribution is 2.39. The van der Waals surface area contributed by atoms with E-state index in [0.29, 0.717) is 12.3 Å². The minimum Gasteiger partial charge on any atom is -0.379 e. The number of carbonyl (C=O) groups excluding carboxylic acids is 1. The number of rotatable bonds is 7. The molecular formula is C21H34N4O2. The summed E-state index contributed by atoms with van der Waals surface area (Å²) in [6.45, 7) is 3.72. The molecular weight excluding hydrogens is 340 g/mol. The van der Waals surface area contributed by atoms with Crippen molar-refractivity contribution < 1.29 is 9.53 Å². The molecule has 6 nitrogen and oxygen atoms in total. The van der Waals surface area contributed by atoms with E-state index in [1.54, 1.807) is 13.3 Å². The first kappa shape index (κ1) is 18.9. The molecule has 0 unspecified atom stereocenters. The quantitative estimate of drug-likeness (QED) is 0.793. The minimum atomic E-state index is 0.131. The summed E-state index contributed by atoms with van der Waals surface area (Å²) in [5.74, 6) is 2.51. The van der Waals surface area contributed by atoms with Crippen LogP contribution < -0.4 is 5.32 Å². The van der Waals surface area contributed by atoms with Gasteiger partial charge in [-0.3, -0.25) is 9.48 Å². The standard InChI is InChI=1S/C21H34N4O2/c1-24-18(8-9-22-24)6-7-21(26)23-19-10-16-13-25(12-15-4-3-5-15)14-17(16)11-20(19)27-2/h8-9,15-17,19-20H,3-7,10-14H2,1-2H3,(H,23,26)/t16-,17+,19-,20-/m0/s1. The van der Waals surface area contributed by atoms with E-state index in [4.69, 9.17) is 4.74 Å². The van der Waals surface area contributed by atoms with Gasteiger partial charge in [0.25, 0.3) is 0 Å². The Balaban J connectivity index is 1.28. The van der Waals surface area contributed by atoms with Gasteiger partial charge in [0.15, 0.2) is 0 Å². The van der Waals surface area contributed by atoms with Crippen molar-refractivity contribution in [3.05, 3.63) is 18.0 Å². The molecule has 4 atom stereocenters. The molecule has 1 aromatic rings. The van der Waals surface area contributed by atoms with Crippen LogP contribution in [0.15, 0.2) is 12.3 Å². The molecule has 4 rings (SSSR count). The SMILES string of the molecule is CO[C@H]1C[C@@H]2CN(CC3CCC3)C[C@@H]2C[C@@H]1NC(=O)CCc1ccnn1C. The van der Waals surface area contributed by atoms with Crippen LogP contribution >= 0.6 is 0 Å². The summed E-state index contributed by atoms with van der Waals surface area (Å²) in [6.07, 6.45) is 9.56. The van der Waals surface area contributed by atoms with Gasteiger partial charge in [-0.15, -0.1) is 0 Å². The van der Waals surface area contributed by atoms with Crippen LogP contribution in [0.5, 0.6) is 0 Å². The van der Waals surface area contributed by atoms with Gasteiger partial charge < -0.3 is 15.0 Å². The first-order valence-corrected chi connectivity index (χ1v) is 10.6. The Hall–Kier alpha value is -1.40. The maximum absolute atomic E-state index is 12.5. The number of methoxy groups -OCH3 is 1. The molecule has 2 heterocycles. The molecule has 1 aromatic heterocycles. The number of nitrogens with zero attached hydrogens (tertiary/aromatic N) is 3. The third-order valence-electron chi connectivity index (χ3n) is 7.11. The average Bonchev–Trinajstić information content (AvgIpc) is 3.20. The fourth-order valence-corrected chi connectivity index (χ4v) is 5.28. The van der Waals surface area contributed by atoms with Crippen molar-refractivity contribution in [2.24, 2.45) is 24.8 Å². The molecule has 0 aromatic carbocycles. The van der Waals surface area contributed by atoms with Gasteiger partial charge in [-0.2, -0.15) is 5.10 Å². The molecule has 6 heteroatoms. The van der Waals surface area contributed by atoms with Gasteiger partial charge in [0.05, 0.1) is 12.1 Å². The monoisotopic (exact) mass is 374 g/mol. The summed E-state index contributed by atoms with van der Waals surface area (Å²) >= 11 is 0. The predicted molar refractivity (Wildman–Crippen MR) is 104 cm³/mol. The van der Waals surface area contributed by atoms with Crippen LogP contribution in [-0.4, -0.2) is 59.5 Å². The fraction of sp³-hybridized carbons (Fsp3) is 0.810. The Morgan fingerprint density at radius 2 is 2.07 bits per heavy atom. The third kappa shape index (κ3) is 4.37. The predicted octanol–water partition coefficient (Wildman–Crippen LogP) is 1.99. The molecule has 0 radical (unpaired) electrons. The van der Waals surface area contributed by atoms with Gasteiger partial charge in [0.2, 0.25) is 5.91 Å². The third-order valence-corrected chi connectivity index (χ3v) is 7.11. The number of likely N-dealkylation sites (tertiary alicyclic amines) is 1. The van der Waals surface area contributed by atoms with Gasteiger partial charge >= 0.3 is 0 Å². The minimum absolute atomic E-state index is 0.131. The Bertz CT molecular complexity index is 642. The van der Waals surface area contributed by atoms with Gasteiger partial charge in [0, 0.05) is 52.1 Å². The largest absolute Gasteiger partial charge is 0.379 e. The highest BCUT2D eigenvalue weighted by Gasteiger charge is 2.43. The lowest BCUT2D eigenvalue weighted by Crippen LogP contribution is -2.50. The topological polar surface area (TPSA) is 59.4 Å². The maximum Gasteiger partial charge on any atom is 0.220 e. The first-order valence-electron chi connectivity index (χ1n) is 10.6. The van der Waals surface area contributed by atoms with E-state index < -0.39 is 0 Å². The second-order valence-electron chi connectivity index (χ2n) is 8.90. The molecule has 27 heavy (non-hydrogen) atoms. The van der Waals surface area contributed by atoms with E-state index in [-0.39, 0.29) is 18.1 Å². The van der Waals surface area contributed by atoms with Crippen molar-refractivity contribution in [2.45, 2.75) is 57.1 Å². The van der Waals surface area contributed by atoms with Gasteiger partial charge in [0.1, 0.15) is 0 Å². The number of hydrogen-bond acceptors (Lipinski definition) is 4. The lowest BCUT2D eigenvalue weighted by Gasteiger charge is -2.37. The number of fused-ring (bicyclic) bond motifs is 1. The Morgan fingerprint density at radius 3 is 2.70 bits per heavy atom. The summed E-state index contributed by atoms with van der Waals surface area (Å²) in [6, 6.07) is 2.13. The number of amides is 1. The highest BCUT2D eigenvalue weighted by atomic mass is 16.5. The van der Waals surface area contributed by atoms with E-state index in [1.807, 2.05) is 17.8 Å². The Kier molecular flexibility index (Phi) is 5.83. The highest BCUT2D eigenvalue weighted by molar-refractivity contribution is 5.76. The molecule has 3 aliphatic rings. The van der Waals surface area contributed by atoms with Crippen LogP contribution in [0.25, 0.3) is 0 Å². The van der Waals surface area contributed by atoms with Crippen LogP contribution in [0.4, 0.5) is 0 Å². The van der Waals surface area contributed by atoms with E-state index in [0.717, 1.165) is 36.8 Å². The second kappa shape index (κ2) is 8.31. The molecule has 3 fully saturated rings. The summed E-state index contributed by atoms with van der Waals surface area (Å²) < 4.78 is 7.62. The van der Waals surface area contributed by atoms with Crippen molar-refractivity contribution in [3.63, 3.8) is 0 Å². The van der Waals surface area contributed by atoms with Crippen molar-refractivity contribution in [3.8, 4) is 0 Å². The lowest BCUT2D eigenvalue weighted by atomic mass is 9.77. The summed E-state index contributed by atoms with van der Waals surface area (Å²) in [4.78, 5) is 15.2. The van der Waals surface area contributed by atoms with Crippen LogP contribution in [0, 0.1) is 17.8 Å². The van der Waals surface area contributed by atoms with E-state index in [9.17, 15) is 4.79 Å². The summed E-state index contributed by atoms with van der Waals surface area (Å²) in [5.41, 5.74) is 1.10. The molecule has 2 saturated carbocycles. The summed E-state index contributed by atoms with van der Waals surface area (Å²) in [7, 11) is 3.71. The Labute approximate surface area is 162 Å². The van der Waals surface area contributed by atoms with Crippen molar-refractivity contribution in [2.75, 3.05) is 26.7 Å². The van der Waals surface area contributed by atoms with Gasteiger partial charge in [-0.1, -0.05) is 6.42 Å². The number of carbonyl (C=O) groups is 1. The lowest BCUT2D eigenvalue weighted by molar-refractivity contribution is -0.123. The molecule has 1 amide bonds. The van der Waals surface area contributed by atoms with Crippen LogP contribution in [-0.2, 0) is 23.0 Å². The number of aryl methyl sites for hydroxylation is 2. The zero-order chi connectivity index (χ0) is 18.8. The average molecular weight is 375 g/mol. The zero-order valence-electron chi connectivity index (χ0n) is 16.8. The number of hydrogen-bond donors (Lipinski definition) is 1. The van der Waals surface area contributed by atoms with Gasteiger partial charge in [-0.25, -0.2) is 0 Å². The zero-order valence-corrected chi connectivity index (χ0v) is 16.8. The molecule has 1 saturated heterocycles. The molecule has 1 aliphatic heterocycles. The maximum atomic E-state index is 12.5. The molecule has 150 valence electrons. The van der Waals surface area contributed by atoms with Crippen LogP contribution in [0.2, 0.25) is 0 Å². The number of nitrogens with one attached hydrogen (secondary N) is 1. The molecule has 2 aliphatic carbocycles. The molecule has 0 bridgehead atoms.